The number of unbranched alkanes of at least 4 members (excludes halogenated alkanes) is 20. The summed E-state index contributed by atoms with van der Waals surface area (Å²) in [7, 11) is 0. The Kier molecular flexibility index (Phi) is 22.0. The fourth-order valence-corrected chi connectivity index (χ4v) is 5.26. The molecule has 1 heterocycles. The number of hydrogen-bond acceptors (Lipinski definition) is 0. The van der Waals surface area contributed by atoms with Crippen LogP contribution >= 0.6 is 0 Å². The van der Waals surface area contributed by atoms with E-state index in [1.807, 2.05) is 0 Å². The molecule has 0 fully saturated rings. The lowest BCUT2D eigenvalue weighted by Gasteiger charge is -2.07. The smallest absolute Gasteiger partial charge is 0.234 e. The second kappa shape index (κ2) is 23.9. The zero-order valence-corrected chi connectivity index (χ0v) is 23.9. The molecule has 0 saturated carbocycles. The van der Waals surface area contributed by atoms with Gasteiger partial charge in [-0.25, -0.2) is 9.13 Å². The van der Waals surface area contributed by atoms with Crippen LogP contribution in [0.4, 0.5) is 0 Å². The minimum absolute atomic E-state index is 1.23. The molecular weight excluding hydrogens is 412 g/mol. The Hall–Kier alpha value is -0.790. The van der Waals surface area contributed by atoms with E-state index in [0.717, 1.165) is 0 Å². The van der Waals surface area contributed by atoms with Crippen molar-refractivity contribution in [1.82, 2.24) is 4.57 Å². The highest BCUT2D eigenvalue weighted by atomic mass is 15.1. The van der Waals surface area contributed by atoms with E-state index in [4.69, 9.17) is 0 Å². The number of aryl methyl sites for hydroxylation is 2. The summed E-state index contributed by atoms with van der Waals surface area (Å²) in [6.45, 7) is 9.38. The molecular formula is C32H63N2+. The monoisotopic (exact) mass is 475 g/mol. The molecule has 1 rings (SSSR count). The number of nitrogens with zero attached hydrogens (tertiary/aromatic N) is 2. The summed E-state index contributed by atoms with van der Waals surface area (Å²) in [4.78, 5) is 0. The van der Waals surface area contributed by atoms with Gasteiger partial charge < -0.3 is 0 Å². The Morgan fingerprint density at radius 1 is 0.500 bits per heavy atom. The minimum Gasteiger partial charge on any atom is -0.234 e. The Bertz CT molecular complexity index is 533. The molecule has 0 aliphatic carbocycles. The average molecular weight is 476 g/mol. The lowest BCUT2D eigenvalue weighted by atomic mass is 10.1. The van der Waals surface area contributed by atoms with Gasteiger partial charge in [-0.1, -0.05) is 136 Å². The second-order valence-corrected chi connectivity index (χ2v) is 10.9. The van der Waals surface area contributed by atoms with E-state index in [9.17, 15) is 0 Å². The summed E-state index contributed by atoms with van der Waals surface area (Å²) in [6, 6.07) is 0. The van der Waals surface area contributed by atoms with E-state index in [1.165, 1.54) is 167 Å². The second-order valence-electron chi connectivity index (χ2n) is 10.9. The molecule has 34 heavy (non-hydrogen) atoms. The molecule has 0 atom stereocenters. The van der Waals surface area contributed by atoms with Crippen molar-refractivity contribution in [1.29, 1.82) is 0 Å². The first-order valence-corrected chi connectivity index (χ1v) is 15.9. The highest BCUT2D eigenvalue weighted by Crippen LogP contribution is 2.14. The van der Waals surface area contributed by atoms with Crippen LogP contribution in [-0.4, -0.2) is 4.57 Å². The molecule has 0 saturated heterocycles. The highest BCUT2D eigenvalue weighted by molar-refractivity contribution is 4.84. The first-order chi connectivity index (χ1) is 16.8. The molecule has 2 heteroatoms. The summed E-state index contributed by atoms with van der Waals surface area (Å²) < 4.78 is 5.21. The molecule has 0 spiro atoms. The normalized spacial score (nSPS) is 11.5. The number of imidazole rings is 1. The molecule has 0 bridgehead atoms. The van der Waals surface area contributed by atoms with Gasteiger partial charge in [0.2, 0.25) is 0 Å². The van der Waals surface area contributed by atoms with Gasteiger partial charge in [0.1, 0.15) is 12.4 Å². The third-order valence-corrected chi connectivity index (χ3v) is 7.60. The Labute approximate surface area is 215 Å². The average Bonchev–Trinajstić information content (AvgIpc) is 3.23. The minimum atomic E-state index is 1.23. The van der Waals surface area contributed by atoms with Crippen molar-refractivity contribution >= 4 is 0 Å². The van der Waals surface area contributed by atoms with Crippen molar-refractivity contribution in [3.05, 3.63) is 18.2 Å². The van der Waals surface area contributed by atoms with Crippen molar-refractivity contribution < 1.29 is 4.57 Å². The van der Waals surface area contributed by atoms with Crippen molar-refractivity contribution in [3.8, 4) is 0 Å². The quantitative estimate of drug-likeness (QED) is 0.0930. The number of aromatic nitrogens is 2. The van der Waals surface area contributed by atoms with Crippen LogP contribution in [0, 0.1) is 0 Å². The third-order valence-electron chi connectivity index (χ3n) is 7.60. The van der Waals surface area contributed by atoms with Crippen molar-refractivity contribution in [2.45, 2.75) is 188 Å². The Morgan fingerprint density at radius 3 is 1.41 bits per heavy atom. The fourth-order valence-electron chi connectivity index (χ4n) is 5.26. The van der Waals surface area contributed by atoms with Crippen LogP contribution in [-0.2, 0) is 19.5 Å². The molecule has 200 valence electrons. The van der Waals surface area contributed by atoms with Crippen LogP contribution in [0.2, 0.25) is 0 Å². The van der Waals surface area contributed by atoms with Gasteiger partial charge in [-0.2, -0.15) is 0 Å². The van der Waals surface area contributed by atoms with Gasteiger partial charge in [0.15, 0.2) is 0 Å². The Balaban J connectivity index is 2.35. The molecule has 0 aliphatic rings. The van der Waals surface area contributed by atoms with Crippen molar-refractivity contribution in [2.75, 3.05) is 0 Å². The summed E-state index contributed by atoms with van der Waals surface area (Å²) >= 11 is 0. The largest absolute Gasteiger partial charge is 0.256 e. The van der Waals surface area contributed by atoms with Crippen LogP contribution in [0.5, 0.6) is 0 Å². The maximum atomic E-state index is 2.61. The van der Waals surface area contributed by atoms with Gasteiger partial charge >= 0.3 is 0 Å². The molecule has 0 aliphatic heterocycles. The summed E-state index contributed by atoms with van der Waals surface area (Å²) in [5.41, 5.74) is 0. The molecule has 0 radical (unpaired) electrons. The lowest BCUT2D eigenvalue weighted by molar-refractivity contribution is -0.704. The van der Waals surface area contributed by atoms with Gasteiger partial charge in [0, 0.05) is 6.42 Å². The number of hydrogen-bond donors (Lipinski definition) is 0. The first-order valence-electron chi connectivity index (χ1n) is 15.9. The molecule has 2 nitrogen and oxygen atoms in total. The van der Waals surface area contributed by atoms with Gasteiger partial charge in [-0.3, -0.25) is 0 Å². The first kappa shape index (κ1) is 31.2. The van der Waals surface area contributed by atoms with Crippen LogP contribution < -0.4 is 4.57 Å². The Morgan fingerprint density at radius 2 is 0.912 bits per heavy atom. The molecule has 0 amide bonds. The molecule has 1 aromatic heterocycles. The molecule has 1 aromatic rings. The third kappa shape index (κ3) is 16.8. The zero-order chi connectivity index (χ0) is 24.5. The highest BCUT2D eigenvalue weighted by Gasteiger charge is 2.16. The van der Waals surface area contributed by atoms with E-state index in [-0.39, 0.29) is 0 Å². The van der Waals surface area contributed by atoms with E-state index in [2.05, 4.69) is 42.3 Å². The lowest BCUT2D eigenvalue weighted by Crippen LogP contribution is -2.37. The molecule has 0 aromatic carbocycles. The van der Waals surface area contributed by atoms with Crippen molar-refractivity contribution in [2.24, 2.45) is 0 Å². The predicted molar refractivity (Wildman–Crippen MR) is 152 cm³/mol. The summed E-state index contributed by atoms with van der Waals surface area (Å²) in [5, 5.41) is 0. The molecule has 0 unspecified atom stereocenters. The topological polar surface area (TPSA) is 8.81 Å². The SMILES string of the molecule is CCCCCCCCCCCCc1n(CCCCCCCCC)cc[n+]1CCCCCCCC. The van der Waals surface area contributed by atoms with Gasteiger partial charge in [-0.15, -0.1) is 0 Å². The predicted octanol–water partition coefficient (Wildman–Crippen LogP) is 10.4. The van der Waals surface area contributed by atoms with Gasteiger partial charge in [-0.05, 0) is 32.1 Å². The van der Waals surface area contributed by atoms with E-state index in [0.29, 0.717) is 0 Å². The van der Waals surface area contributed by atoms with Crippen LogP contribution in [0.3, 0.4) is 0 Å². The molecule has 0 N–H and O–H groups in total. The number of rotatable bonds is 26. The zero-order valence-electron chi connectivity index (χ0n) is 23.9. The van der Waals surface area contributed by atoms with E-state index >= 15 is 0 Å². The van der Waals surface area contributed by atoms with Gasteiger partial charge in [0.25, 0.3) is 5.82 Å². The van der Waals surface area contributed by atoms with Crippen molar-refractivity contribution in [3.63, 3.8) is 0 Å². The standard InChI is InChI=1S/C32H63N2/c1-4-7-10-13-16-17-18-19-21-24-27-32-33(28-25-22-15-12-9-6-3)30-31-34(32)29-26-23-20-14-11-8-5-2/h30-31H,4-29H2,1-3H3/q+1. The van der Waals surface area contributed by atoms with E-state index < -0.39 is 0 Å². The van der Waals surface area contributed by atoms with Crippen LogP contribution in [0.15, 0.2) is 12.4 Å². The maximum absolute atomic E-state index is 2.61. The summed E-state index contributed by atoms with van der Waals surface area (Å²) in [6.07, 6.45) is 38.5. The van der Waals surface area contributed by atoms with E-state index in [1.54, 1.807) is 5.82 Å². The maximum Gasteiger partial charge on any atom is 0.256 e. The van der Waals surface area contributed by atoms with Crippen LogP contribution in [0.25, 0.3) is 0 Å². The van der Waals surface area contributed by atoms with Gasteiger partial charge in [0.05, 0.1) is 13.1 Å². The summed E-state index contributed by atoms with van der Waals surface area (Å²) in [5.74, 6) is 1.61. The van der Waals surface area contributed by atoms with Crippen LogP contribution in [0.1, 0.15) is 174 Å². The fraction of sp³-hybridized carbons (Fsp3) is 0.906.